The summed E-state index contributed by atoms with van der Waals surface area (Å²) < 4.78 is 10.9. The molecule has 2 amide bonds. The zero-order chi connectivity index (χ0) is 24.5. The zero-order valence-corrected chi connectivity index (χ0v) is 19.6. The van der Waals surface area contributed by atoms with E-state index in [0.29, 0.717) is 0 Å². The summed E-state index contributed by atoms with van der Waals surface area (Å²) in [5, 5.41) is 12.2. The molecule has 8 heteroatoms. The molecule has 0 bridgehead atoms. The monoisotopic (exact) mass is 466 g/mol. The second-order valence-corrected chi connectivity index (χ2v) is 9.73. The lowest BCUT2D eigenvalue weighted by Crippen LogP contribution is -2.61. The molecule has 0 spiro atoms. The van der Waals surface area contributed by atoms with Crippen LogP contribution in [-0.4, -0.2) is 66.4 Å². The van der Waals surface area contributed by atoms with E-state index in [4.69, 9.17) is 9.47 Å². The molecule has 2 atom stereocenters. The Morgan fingerprint density at radius 3 is 2.24 bits per heavy atom. The smallest absolute Gasteiger partial charge is 0.407 e. The summed E-state index contributed by atoms with van der Waals surface area (Å²) in [7, 11) is 0. The minimum atomic E-state index is -1.14. The Morgan fingerprint density at radius 1 is 1.09 bits per heavy atom. The Morgan fingerprint density at radius 2 is 1.68 bits per heavy atom. The number of amides is 2. The molecule has 2 aliphatic rings. The first-order valence-corrected chi connectivity index (χ1v) is 11.4. The minimum Gasteiger partial charge on any atom is -0.480 e. The second-order valence-electron chi connectivity index (χ2n) is 9.73. The van der Waals surface area contributed by atoms with E-state index in [0.717, 1.165) is 22.3 Å². The number of nitrogens with one attached hydrogen (secondary N) is 1. The van der Waals surface area contributed by atoms with Gasteiger partial charge in [-0.3, -0.25) is 4.79 Å². The first kappa shape index (κ1) is 23.8. The third kappa shape index (κ3) is 4.63. The van der Waals surface area contributed by atoms with E-state index in [1.165, 1.54) is 4.90 Å². The van der Waals surface area contributed by atoms with Crippen molar-refractivity contribution in [2.45, 2.75) is 38.8 Å². The lowest BCUT2D eigenvalue weighted by Gasteiger charge is -2.39. The molecular weight excluding hydrogens is 436 g/mol. The van der Waals surface area contributed by atoms with Crippen molar-refractivity contribution in [3.8, 4) is 11.1 Å². The number of carbonyl (C=O) groups is 3. The van der Waals surface area contributed by atoms with Gasteiger partial charge in [0.2, 0.25) is 5.91 Å². The Hall–Kier alpha value is -3.39. The van der Waals surface area contributed by atoms with Gasteiger partial charge in [-0.15, -0.1) is 0 Å². The number of nitrogens with zero attached hydrogens (tertiary/aromatic N) is 1. The SMILES string of the molecule is CC(C)(C)C(NC(=O)OCC1c2ccccc2-c2ccccc21)C(=O)N1CCOCC1C(=O)O. The normalized spacial score (nSPS) is 18.6. The van der Waals surface area contributed by atoms with E-state index < -0.39 is 35.5 Å². The van der Waals surface area contributed by atoms with Gasteiger partial charge in [-0.05, 0) is 27.7 Å². The van der Waals surface area contributed by atoms with Crippen LogP contribution in [0.3, 0.4) is 0 Å². The van der Waals surface area contributed by atoms with Crippen LogP contribution in [0, 0.1) is 5.41 Å². The third-order valence-electron chi connectivity index (χ3n) is 6.42. The fourth-order valence-electron chi connectivity index (χ4n) is 4.64. The number of morpholine rings is 1. The fraction of sp³-hybridized carbons (Fsp3) is 0.423. The molecule has 2 aromatic rings. The summed E-state index contributed by atoms with van der Waals surface area (Å²) in [6.45, 7) is 5.88. The lowest BCUT2D eigenvalue weighted by atomic mass is 9.85. The predicted molar refractivity (Wildman–Crippen MR) is 125 cm³/mol. The number of carboxylic acids is 1. The molecule has 1 aliphatic heterocycles. The van der Waals surface area contributed by atoms with Crippen molar-refractivity contribution in [2.75, 3.05) is 26.4 Å². The van der Waals surface area contributed by atoms with Crippen LogP contribution < -0.4 is 5.32 Å². The Balaban J connectivity index is 1.47. The first-order chi connectivity index (χ1) is 16.2. The molecule has 0 radical (unpaired) electrons. The van der Waals surface area contributed by atoms with Crippen LogP contribution in [0.4, 0.5) is 4.79 Å². The molecule has 4 rings (SSSR count). The lowest BCUT2D eigenvalue weighted by molar-refractivity contribution is -0.160. The summed E-state index contributed by atoms with van der Waals surface area (Å²) in [5.74, 6) is -1.70. The summed E-state index contributed by atoms with van der Waals surface area (Å²) in [4.78, 5) is 39.1. The second kappa shape index (κ2) is 9.46. The summed E-state index contributed by atoms with van der Waals surface area (Å²) in [6.07, 6.45) is -0.713. The van der Waals surface area contributed by atoms with Crippen molar-refractivity contribution in [1.82, 2.24) is 10.2 Å². The average Bonchev–Trinajstić information content (AvgIpc) is 3.14. The zero-order valence-electron chi connectivity index (χ0n) is 19.6. The number of rotatable bonds is 5. The molecule has 180 valence electrons. The third-order valence-corrected chi connectivity index (χ3v) is 6.42. The number of hydrogen-bond acceptors (Lipinski definition) is 5. The van der Waals surface area contributed by atoms with Gasteiger partial charge in [0, 0.05) is 12.5 Å². The summed E-state index contributed by atoms with van der Waals surface area (Å²) in [6, 6.07) is 14.1. The van der Waals surface area contributed by atoms with Gasteiger partial charge in [-0.2, -0.15) is 0 Å². The van der Waals surface area contributed by atoms with Crippen molar-refractivity contribution in [2.24, 2.45) is 5.41 Å². The van der Waals surface area contributed by atoms with Crippen molar-refractivity contribution >= 4 is 18.0 Å². The van der Waals surface area contributed by atoms with Gasteiger partial charge in [-0.1, -0.05) is 69.3 Å². The maximum absolute atomic E-state index is 13.3. The van der Waals surface area contributed by atoms with Crippen molar-refractivity contribution in [3.63, 3.8) is 0 Å². The number of ether oxygens (including phenoxy) is 2. The van der Waals surface area contributed by atoms with Crippen LogP contribution in [0.2, 0.25) is 0 Å². The van der Waals surface area contributed by atoms with Gasteiger partial charge in [0.15, 0.2) is 6.04 Å². The highest BCUT2D eigenvalue weighted by Crippen LogP contribution is 2.44. The van der Waals surface area contributed by atoms with E-state index >= 15 is 0 Å². The summed E-state index contributed by atoms with van der Waals surface area (Å²) in [5.41, 5.74) is 3.78. The molecular formula is C26H30N2O6. The molecule has 0 saturated carbocycles. The average molecular weight is 467 g/mol. The molecule has 8 nitrogen and oxygen atoms in total. The van der Waals surface area contributed by atoms with E-state index in [1.54, 1.807) is 0 Å². The summed E-state index contributed by atoms with van der Waals surface area (Å²) >= 11 is 0. The van der Waals surface area contributed by atoms with Crippen molar-refractivity contribution < 1.29 is 29.0 Å². The number of alkyl carbamates (subject to hydrolysis) is 1. The van der Waals surface area contributed by atoms with Crippen LogP contribution in [0.1, 0.15) is 37.8 Å². The molecule has 1 aliphatic carbocycles. The van der Waals surface area contributed by atoms with Gasteiger partial charge in [-0.25, -0.2) is 9.59 Å². The number of aliphatic carboxylic acids is 1. The van der Waals surface area contributed by atoms with Gasteiger partial charge in [0.1, 0.15) is 12.6 Å². The van der Waals surface area contributed by atoms with Crippen LogP contribution in [0.15, 0.2) is 48.5 Å². The van der Waals surface area contributed by atoms with Gasteiger partial charge in [0.25, 0.3) is 0 Å². The number of carboxylic acid groups (broad SMARTS) is 1. The predicted octanol–water partition coefficient (Wildman–Crippen LogP) is 3.25. The highest BCUT2D eigenvalue weighted by Gasteiger charge is 2.41. The molecule has 2 aromatic carbocycles. The van der Waals surface area contributed by atoms with Crippen LogP contribution in [0.25, 0.3) is 11.1 Å². The molecule has 34 heavy (non-hydrogen) atoms. The van der Waals surface area contributed by atoms with Gasteiger partial charge in [0.05, 0.1) is 13.2 Å². The van der Waals surface area contributed by atoms with Crippen LogP contribution in [0.5, 0.6) is 0 Å². The Labute approximate surface area is 198 Å². The molecule has 2 unspecified atom stereocenters. The van der Waals surface area contributed by atoms with E-state index in [-0.39, 0.29) is 32.3 Å². The standard InChI is InChI=1S/C26H30N2O6/c1-26(2,3)22(23(29)28-12-13-33-15-21(28)24(30)31)27-25(32)34-14-20-18-10-6-4-8-16(18)17-9-5-7-11-19(17)20/h4-11,20-22H,12-15H2,1-3H3,(H,27,32)(H,30,31). The number of benzene rings is 2. The van der Waals surface area contributed by atoms with Crippen LogP contribution in [-0.2, 0) is 19.1 Å². The maximum Gasteiger partial charge on any atom is 0.407 e. The first-order valence-electron chi connectivity index (χ1n) is 11.4. The molecule has 1 heterocycles. The molecule has 2 N–H and O–H groups in total. The number of hydrogen-bond donors (Lipinski definition) is 2. The van der Waals surface area contributed by atoms with Crippen molar-refractivity contribution in [1.29, 1.82) is 0 Å². The highest BCUT2D eigenvalue weighted by atomic mass is 16.5. The topological polar surface area (TPSA) is 105 Å². The Bertz CT molecular complexity index is 1050. The maximum atomic E-state index is 13.3. The minimum absolute atomic E-state index is 0.0805. The highest BCUT2D eigenvalue weighted by molar-refractivity contribution is 5.90. The van der Waals surface area contributed by atoms with Gasteiger partial charge < -0.3 is 24.8 Å². The molecule has 1 saturated heterocycles. The Kier molecular flexibility index (Phi) is 6.61. The quantitative estimate of drug-likeness (QED) is 0.701. The molecule has 0 aromatic heterocycles. The van der Waals surface area contributed by atoms with E-state index in [1.807, 2.05) is 57.2 Å². The van der Waals surface area contributed by atoms with Gasteiger partial charge >= 0.3 is 12.1 Å². The van der Waals surface area contributed by atoms with Crippen LogP contribution >= 0.6 is 0 Å². The van der Waals surface area contributed by atoms with E-state index in [2.05, 4.69) is 17.4 Å². The van der Waals surface area contributed by atoms with E-state index in [9.17, 15) is 19.5 Å². The fourth-order valence-corrected chi connectivity index (χ4v) is 4.64. The largest absolute Gasteiger partial charge is 0.480 e. The molecule has 1 fully saturated rings. The number of carbonyl (C=O) groups excluding carboxylic acids is 2. The number of fused-ring (bicyclic) bond motifs is 3. The van der Waals surface area contributed by atoms with Crippen molar-refractivity contribution in [3.05, 3.63) is 59.7 Å².